The van der Waals surface area contributed by atoms with Crippen LogP contribution in [0.3, 0.4) is 0 Å². The second-order valence-electron chi connectivity index (χ2n) is 12.4. The van der Waals surface area contributed by atoms with E-state index in [1.54, 1.807) is 13.2 Å². The summed E-state index contributed by atoms with van der Waals surface area (Å²) in [7, 11) is 5.87. The number of fused-ring (bicyclic) bond motifs is 1. The van der Waals surface area contributed by atoms with Crippen LogP contribution in [0.1, 0.15) is 67.7 Å². The number of cyclic esters (lactones) is 1. The van der Waals surface area contributed by atoms with Gasteiger partial charge < -0.3 is 28.6 Å². The number of nitrogens with zero attached hydrogens (tertiary/aromatic N) is 1. The molecule has 0 aliphatic carbocycles. The lowest BCUT2D eigenvalue weighted by Gasteiger charge is -2.48. The van der Waals surface area contributed by atoms with Crippen LogP contribution in [0, 0.1) is 29.6 Å². The summed E-state index contributed by atoms with van der Waals surface area (Å²) in [4.78, 5) is 28.1. The van der Waals surface area contributed by atoms with Gasteiger partial charge in [0.05, 0.1) is 30.8 Å². The van der Waals surface area contributed by atoms with Gasteiger partial charge in [0, 0.05) is 31.4 Å². The molecule has 2 fully saturated rings. The molecular formula is C30H51NO7. The van der Waals surface area contributed by atoms with Gasteiger partial charge in [-0.3, -0.25) is 9.59 Å². The highest BCUT2D eigenvalue weighted by molar-refractivity contribution is 5.91. The van der Waals surface area contributed by atoms with Gasteiger partial charge in [0.2, 0.25) is 0 Å². The molecule has 0 bridgehead atoms. The van der Waals surface area contributed by atoms with E-state index in [9.17, 15) is 9.59 Å². The molecule has 3 aliphatic rings. The van der Waals surface area contributed by atoms with Crippen molar-refractivity contribution in [3.05, 3.63) is 12.2 Å². The Kier molecular flexibility index (Phi) is 11.0. The Morgan fingerprint density at radius 3 is 2.21 bits per heavy atom. The summed E-state index contributed by atoms with van der Waals surface area (Å²) < 4.78 is 30.7. The Hall–Kier alpha value is -1.32. The summed E-state index contributed by atoms with van der Waals surface area (Å²) in [5.74, 6) is -0.0671. The molecule has 0 radical (unpaired) electrons. The molecule has 3 heterocycles. The van der Waals surface area contributed by atoms with Crippen molar-refractivity contribution in [2.24, 2.45) is 29.6 Å². The van der Waals surface area contributed by atoms with E-state index in [1.165, 1.54) is 0 Å². The zero-order valence-corrected chi connectivity index (χ0v) is 25.1. The van der Waals surface area contributed by atoms with Gasteiger partial charge in [0.1, 0.15) is 12.2 Å². The number of ketones is 1. The largest absolute Gasteiger partial charge is 0.463 e. The highest BCUT2D eigenvalue weighted by atomic mass is 16.7. The third kappa shape index (κ3) is 7.66. The first-order valence-corrected chi connectivity index (χ1v) is 14.4. The molecule has 13 atom stereocenters. The molecule has 0 aromatic carbocycles. The Morgan fingerprint density at radius 1 is 0.895 bits per heavy atom. The van der Waals surface area contributed by atoms with Gasteiger partial charge in [0.25, 0.3) is 0 Å². The predicted octanol–water partition coefficient (Wildman–Crippen LogP) is 4.25. The topological polar surface area (TPSA) is 86.8 Å². The first kappa shape index (κ1) is 31.2. The van der Waals surface area contributed by atoms with Crippen molar-refractivity contribution in [1.29, 1.82) is 0 Å². The van der Waals surface area contributed by atoms with E-state index in [4.69, 9.17) is 23.7 Å². The van der Waals surface area contributed by atoms with Crippen LogP contribution in [0.15, 0.2) is 12.2 Å². The zero-order chi connectivity index (χ0) is 28.3. The molecule has 3 rings (SSSR count). The Balaban J connectivity index is 1.88. The molecule has 218 valence electrons. The Labute approximate surface area is 229 Å². The number of rotatable bonds is 4. The van der Waals surface area contributed by atoms with Crippen LogP contribution < -0.4 is 0 Å². The second kappa shape index (κ2) is 13.4. The number of epoxide rings is 1. The van der Waals surface area contributed by atoms with Gasteiger partial charge in [-0.15, -0.1) is 0 Å². The summed E-state index contributed by atoms with van der Waals surface area (Å²) in [6.07, 6.45) is 3.40. The summed E-state index contributed by atoms with van der Waals surface area (Å²) in [5, 5.41) is 0. The van der Waals surface area contributed by atoms with Crippen LogP contribution in [0.2, 0.25) is 0 Å². The fourth-order valence-corrected chi connectivity index (χ4v) is 6.56. The van der Waals surface area contributed by atoms with Crippen LogP contribution in [0.25, 0.3) is 0 Å². The molecule has 2 saturated heterocycles. The van der Waals surface area contributed by atoms with E-state index in [0.717, 1.165) is 0 Å². The minimum atomic E-state index is -0.432. The van der Waals surface area contributed by atoms with E-state index in [-0.39, 0.29) is 78.5 Å². The molecule has 0 saturated carbocycles. The summed E-state index contributed by atoms with van der Waals surface area (Å²) >= 11 is 0. The minimum Gasteiger partial charge on any atom is -0.463 e. The number of carbonyl (C=O) groups excluding carboxylic acids is 2. The number of allylic oxidation sites excluding steroid dienone is 1. The molecule has 8 nitrogen and oxygen atoms in total. The van der Waals surface area contributed by atoms with E-state index >= 15 is 0 Å². The van der Waals surface area contributed by atoms with Crippen LogP contribution in [0.4, 0.5) is 0 Å². The molecule has 0 spiro atoms. The smallest absolute Gasteiger partial charge is 0.306 e. The highest BCUT2D eigenvalue weighted by Crippen LogP contribution is 2.37. The van der Waals surface area contributed by atoms with E-state index in [1.807, 2.05) is 26.8 Å². The SMILES string of the molecule is CO[C@@H]1[C@@H](OC2OC(C)C(C)C(N(C)C)C2C)[C@@H](C)C[C@@H](C)C(=O)/C=C/[C@@H]2O[C@H]2C[C@@H](C)OC(=O)C[C@H]1C. The maximum atomic E-state index is 13.0. The average Bonchev–Trinajstić information content (AvgIpc) is 3.56. The maximum absolute atomic E-state index is 13.0. The summed E-state index contributed by atoms with van der Waals surface area (Å²) in [5.41, 5.74) is 0. The van der Waals surface area contributed by atoms with E-state index in [0.29, 0.717) is 24.8 Å². The first-order chi connectivity index (χ1) is 17.8. The van der Waals surface area contributed by atoms with Gasteiger partial charge in [-0.1, -0.05) is 34.6 Å². The van der Waals surface area contributed by atoms with Crippen molar-refractivity contribution >= 4 is 11.8 Å². The Bertz CT molecular complexity index is 831. The van der Waals surface area contributed by atoms with E-state index in [2.05, 4.69) is 46.7 Å². The van der Waals surface area contributed by atoms with Crippen molar-refractivity contribution < 1.29 is 33.3 Å². The first-order valence-electron chi connectivity index (χ1n) is 14.4. The van der Waals surface area contributed by atoms with Gasteiger partial charge in [-0.05, 0) is 64.3 Å². The fraction of sp³-hybridized carbons (Fsp3) is 0.867. The minimum absolute atomic E-state index is 0.0144. The summed E-state index contributed by atoms with van der Waals surface area (Å²) in [6.45, 7) is 14.4. The predicted molar refractivity (Wildman–Crippen MR) is 146 cm³/mol. The quantitative estimate of drug-likeness (QED) is 0.389. The van der Waals surface area contributed by atoms with E-state index < -0.39 is 6.29 Å². The number of hydrogen-bond acceptors (Lipinski definition) is 8. The molecule has 0 aromatic heterocycles. The van der Waals surface area contributed by atoms with Gasteiger partial charge in [-0.25, -0.2) is 0 Å². The van der Waals surface area contributed by atoms with Crippen LogP contribution in [0.5, 0.6) is 0 Å². The molecule has 5 unspecified atom stereocenters. The standard InChI is InChI=1S/C30H51NO7/c1-16-13-17(2)29(38-30-21(6)27(31(8)9)20(5)22(7)36-30)28(34-10)18(3)14-26(33)35-19(4)15-25-24(37-25)12-11-23(16)32/h11-12,16-22,24-25,27-30H,13-15H2,1-10H3/b12-11+/t16-,17+,18-,19-,20?,21?,22?,24+,25+,27?,28+,29+,30?/m1/s1. The number of esters is 1. The van der Waals surface area contributed by atoms with Crippen LogP contribution in [-0.2, 0) is 33.3 Å². The van der Waals surface area contributed by atoms with Crippen molar-refractivity contribution in [2.75, 3.05) is 21.2 Å². The number of ether oxygens (including phenoxy) is 5. The van der Waals surface area contributed by atoms with Crippen molar-refractivity contribution in [3.63, 3.8) is 0 Å². The maximum Gasteiger partial charge on any atom is 0.306 e. The van der Waals surface area contributed by atoms with Crippen molar-refractivity contribution in [2.45, 2.75) is 117 Å². The monoisotopic (exact) mass is 537 g/mol. The third-order valence-electron chi connectivity index (χ3n) is 8.87. The van der Waals surface area contributed by atoms with Gasteiger partial charge in [0.15, 0.2) is 12.1 Å². The molecule has 38 heavy (non-hydrogen) atoms. The number of hydrogen-bond donors (Lipinski definition) is 0. The molecule has 0 amide bonds. The average molecular weight is 538 g/mol. The van der Waals surface area contributed by atoms with Crippen molar-refractivity contribution in [3.8, 4) is 0 Å². The normalized spacial score (nSPS) is 46.3. The number of carbonyl (C=O) groups is 2. The molecule has 0 aromatic rings. The second-order valence-corrected chi connectivity index (χ2v) is 12.4. The summed E-state index contributed by atoms with van der Waals surface area (Å²) in [6, 6.07) is 0.291. The zero-order valence-electron chi connectivity index (χ0n) is 25.1. The van der Waals surface area contributed by atoms with Gasteiger partial charge in [-0.2, -0.15) is 0 Å². The molecule has 3 aliphatic heterocycles. The third-order valence-corrected chi connectivity index (χ3v) is 8.87. The van der Waals surface area contributed by atoms with Gasteiger partial charge >= 0.3 is 5.97 Å². The molecule has 0 N–H and O–H groups in total. The lowest BCUT2D eigenvalue weighted by Crippen LogP contribution is -2.56. The lowest BCUT2D eigenvalue weighted by molar-refractivity contribution is -0.282. The highest BCUT2D eigenvalue weighted by Gasteiger charge is 2.45. The fourth-order valence-electron chi connectivity index (χ4n) is 6.56. The van der Waals surface area contributed by atoms with Crippen molar-refractivity contribution in [1.82, 2.24) is 4.90 Å². The molecule has 8 heteroatoms. The van der Waals surface area contributed by atoms with Crippen LogP contribution >= 0.6 is 0 Å². The lowest BCUT2D eigenvalue weighted by atomic mass is 9.82. The number of methoxy groups -OCH3 is 1. The van der Waals surface area contributed by atoms with Crippen LogP contribution in [-0.4, -0.2) is 86.8 Å². The Morgan fingerprint density at radius 2 is 1.58 bits per heavy atom. The molecular weight excluding hydrogens is 486 g/mol.